The van der Waals surface area contributed by atoms with Gasteiger partial charge in [-0.2, -0.15) is 0 Å². The molecule has 0 unspecified atom stereocenters. The average molecular weight is 448 g/mol. The fourth-order valence-corrected chi connectivity index (χ4v) is 3.29. The zero-order valence-electron chi connectivity index (χ0n) is 16.2. The predicted octanol–water partition coefficient (Wildman–Crippen LogP) is 3.64. The maximum atomic E-state index is 12.5. The maximum absolute atomic E-state index is 12.5. The first-order chi connectivity index (χ1) is 14.0. The van der Waals surface area contributed by atoms with Crippen molar-refractivity contribution in [2.24, 2.45) is 0 Å². The van der Waals surface area contributed by atoms with Crippen molar-refractivity contribution in [2.45, 2.75) is 0 Å². The van der Waals surface area contributed by atoms with Gasteiger partial charge < -0.3 is 9.80 Å². The lowest BCUT2D eigenvalue weighted by molar-refractivity contribution is -0.126. The van der Waals surface area contributed by atoms with Crippen molar-refractivity contribution in [3.8, 4) is 0 Å². The smallest absolute Gasteiger partial charge is 0.267 e. The van der Waals surface area contributed by atoms with Crippen molar-refractivity contribution in [2.75, 3.05) is 31.1 Å². The van der Waals surface area contributed by atoms with Crippen LogP contribution < -0.4 is 10.4 Å². The molecule has 2 aromatic carbocycles. The normalized spacial score (nSPS) is 14.1. The molecule has 1 saturated heterocycles. The number of hydrogen-bond donors (Lipinski definition) is 2. The number of anilines is 1. The highest BCUT2D eigenvalue weighted by atomic mass is 35.5. The van der Waals surface area contributed by atoms with Gasteiger partial charge in [-0.1, -0.05) is 35.9 Å². The van der Waals surface area contributed by atoms with Crippen molar-refractivity contribution in [3.63, 3.8) is 0 Å². The van der Waals surface area contributed by atoms with Crippen molar-refractivity contribution in [1.29, 1.82) is 0 Å². The van der Waals surface area contributed by atoms with Gasteiger partial charge in [0.1, 0.15) is 0 Å². The molecular weight excluding hydrogens is 425 g/mol. The fourth-order valence-electron chi connectivity index (χ4n) is 3.11. The van der Waals surface area contributed by atoms with E-state index in [2.05, 4.69) is 4.90 Å². The number of nitrogens with zero attached hydrogens (tertiary/aromatic N) is 2. The van der Waals surface area contributed by atoms with Crippen LogP contribution in [0.3, 0.4) is 0 Å². The number of rotatable bonds is 5. The highest BCUT2D eigenvalue weighted by molar-refractivity contribution is 6.30. The van der Waals surface area contributed by atoms with Crippen LogP contribution in [0.5, 0.6) is 0 Å². The first-order valence-corrected chi connectivity index (χ1v) is 9.63. The Morgan fingerprint density at radius 3 is 2.20 bits per heavy atom. The topological polar surface area (TPSA) is 72.9 Å². The number of amides is 2. The van der Waals surface area contributed by atoms with Crippen molar-refractivity contribution in [1.82, 2.24) is 10.4 Å². The van der Waals surface area contributed by atoms with Crippen LogP contribution in [0, 0.1) is 0 Å². The summed E-state index contributed by atoms with van der Waals surface area (Å²) >= 11 is 6.06. The molecule has 2 aromatic rings. The second-order valence-corrected chi connectivity index (χ2v) is 7.04. The Balaban J connectivity index is 0.00000320. The number of nitrogens with one attached hydrogen (secondary N) is 1. The maximum Gasteiger partial charge on any atom is 0.267 e. The molecule has 1 heterocycles. The Bertz CT molecular complexity index is 939. The summed E-state index contributed by atoms with van der Waals surface area (Å²) in [7, 11) is 0. The van der Waals surface area contributed by atoms with Crippen molar-refractivity contribution < 1.29 is 14.8 Å². The van der Waals surface area contributed by atoms with Crippen LogP contribution in [0.15, 0.2) is 60.7 Å². The molecule has 0 aliphatic carbocycles. The summed E-state index contributed by atoms with van der Waals surface area (Å²) in [6.07, 6.45) is 6.14. The standard InChI is InChI=1S/C22H22ClN3O3.ClH/c23-19-5-2-6-20(16-19)25-11-13-26(14-12-25)22(28)10-8-18-4-1-3-17(15-18)7-9-21(27)24-29;/h1-10,15-16,29H,11-14H2,(H,24,27);1H. The van der Waals surface area contributed by atoms with Crippen LogP contribution in [0.2, 0.25) is 5.02 Å². The summed E-state index contributed by atoms with van der Waals surface area (Å²) in [6, 6.07) is 15.1. The van der Waals surface area contributed by atoms with E-state index >= 15 is 0 Å². The summed E-state index contributed by atoms with van der Waals surface area (Å²) in [5, 5.41) is 9.22. The molecule has 0 saturated carbocycles. The third-order valence-corrected chi connectivity index (χ3v) is 4.87. The Labute approximate surface area is 186 Å². The molecule has 1 fully saturated rings. The van der Waals surface area contributed by atoms with Crippen molar-refractivity contribution >= 4 is 53.7 Å². The zero-order chi connectivity index (χ0) is 20.6. The van der Waals surface area contributed by atoms with E-state index in [1.54, 1.807) is 23.7 Å². The largest absolute Gasteiger partial charge is 0.368 e. The van der Waals surface area contributed by atoms with Gasteiger partial charge in [0.15, 0.2) is 0 Å². The second kappa shape index (κ2) is 11.4. The van der Waals surface area contributed by atoms with Gasteiger partial charge in [-0.25, -0.2) is 5.48 Å². The number of hydrogen-bond acceptors (Lipinski definition) is 4. The summed E-state index contributed by atoms with van der Waals surface area (Å²) in [4.78, 5) is 27.6. The third kappa shape index (κ3) is 6.62. The molecule has 0 radical (unpaired) electrons. The van der Waals surface area contributed by atoms with Gasteiger partial charge >= 0.3 is 0 Å². The van der Waals surface area contributed by atoms with E-state index in [1.165, 1.54) is 6.08 Å². The van der Waals surface area contributed by atoms with Gasteiger partial charge in [0.25, 0.3) is 5.91 Å². The van der Waals surface area contributed by atoms with Crippen LogP contribution >= 0.6 is 24.0 Å². The summed E-state index contributed by atoms with van der Waals surface area (Å²) in [6.45, 7) is 2.81. The third-order valence-electron chi connectivity index (χ3n) is 4.63. The highest BCUT2D eigenvalue weighted by Crippen LogP contribution is 2.21. The highest BCUT2D eigenvalue weighted by Gasteiger charge is 2.19. The first kappa shape index (κ1) is 23.5. The second-order valence-electron chi connectivity index (χ2n) is 6.61. The quantitative estimate of drug-likeness (QED) is 0.416. The number of benzene rings is 2. The van der Waals surface area contributed by atoms with Crippen LogP contribution in [-0.4, -0.2) is 48.1 Å². The molecule has 8 heteroatoms. The lowest BCUT2D eigenvalue weighted by atomic mass is 10.1. The van der Waals surface area contributed by atoms with E-state index in [0.29, 0.717) is 18.1 Å². The molecule has 3 rings (SSSR count). The Hall–Kier alpha value is -2.80. The monoisotopic (exact) mass is 447 g/mol. The molecule has 2 N–H and O–H groups in total. The van der Waals surface area contributed by atoms with E-state index in [4.69, 9.17) is 16.8 Å². The van der Waals surface area contributed by atoms with E-state index in [0.717, 1.165) is 29.9 Å². The minimum Gasteiger partial charge on any atom is -0.368 e. The van der Waals surface area contributed by atoms with Gasteiger partial charge in [0, 0.05) is 49.0 Å². The van der Waals surface area contributed by atoms with E-state index in [1.807, 2.05) is 53.4 Å². The van der Waals surface area contributed by atoms with Crippen LogP contribution in [0.1, 0.15) is 11.1 Å². The van der Waals surface area contributed by atoms with Crippen LogP contribution in [0.4, 0.5) is 5.69 Å². The number of halogens is 2. The Kier molecular flexibility index (Phi) is 8.92. The summed E-state index contributed by atoms with van der Waals surface area (Å²) in [5.41, 5.74) is 4.25. The molecule has 1 aliphatic rings. The molecule has 0 atom stereocenters. The number of piperazine rings is 1. The minimum atomic E-state index is -0.599. The Morgan fingerprint density at radius 2 is 1.57 bits per heavy atom. The van der Waals surface area contributed by atoms with Crippen molar-refractivity contribution in [3.05, 3.63) is 76.8 Å². The Morgan fingerprint density at radius 1 is 0.933 bits per heavy atom. The van der Waals surface area contributed by atoms with Gasteiger partial charge in [0.2, 0.25) is 5.91 Å². The molecule has 0 aromatic heterocycles. The number of carbonyl (C=O) groups is 2. The molecule has 158 valence electrons. The van der Waals surface area contributed by atoms with E-state index < -0.39 is 5.91 Å². The van der Waals surface area contributed by atoms with Gasteiger partial charge in [-0.15, -0.1) is 12.4 Å². The first-order valence-electron chi connectivity index (χ1n) is 9.25. The number of hydroxylamine groups is 1. The molecule has 0 spiro atoms. The van der Waals surface area contributed by atoms with Gasteiger partial charge in [-0.3, -0.25) is 14.8 Å². The molecular formula is C22H23Cl2N3O3. The fraction of sp³-hybridized carbons (Fsp3) is 0.182. The molecule has 6 nitrogen and oxygen atoms in total. The van der Waals surface area contributed by atoms with E-state index in [9.17, 15) is 9.59 Å². The number of carbonyl (C=O) groups excluding carboxylic acids is 2. The van der Waals surface area contributed by atoms with Crippen LogP contribution in [-0.2, 0) is 9.59 Å². The minimum absolute atomic E-state index is 0. The van der Waals surface area contributed by atoms with Gasteiger partial charge in [0.05, 0.1) is 0 Å². The summed E-state index contributed by atoms with van der Waals surface area (Å²) < 4.78 is 0. The molecule has 1 aliphatic heterocycles. The summed E-state index contributed by atoms with van der Waals surface area (Å²) in [5.74, 6) is -0.630. The lowest BCUT2D eigenvalue weighted by Gasteiger charge is -2.35. The van der Waals surface area contributed by atoms with Crippen LogP contribution in [0.25, 0.3) is 12.2 Å². The molecule has 0 bridgehead atoms. The average Bonchev–Trinajstić information content (AvgIpc) is 2.76. The SMILES string of the molecule is Cl.O=C(C=Cc1cccc(C=CC(=O)N2CCN(c3cccc(Cl)c3)CC2)c1)NO. The predicted molar refractivity (Wildman–Crippen MR) is 122 cm³/mol. The van der Waals surface area contributed by atoms with Gasteiger partial charge in [-0.05, 0) is 47.5 Å². The lowest BCUT2D eigenvalue weighted by Crippen LogP contribution is -2.48. The zero-order valence-corrected chi connectivity index (χ0v) is 17.8. The van der Waals surface area contributed by atoms with E-state index in [-0.39, 0.29) is 18.3 Å². The molecule has 30 heavy (non-hydrogen) atoms. The molecule has 2 amide bonds.